The molecule has 0 saturated carbocycles. The van der Waals surface area contributed by atoms with Gasteiger partial charge in [-0.3, -0.25) is 0 Å². The van der Waals surface area contributed by atoms with E-state index >= 15 is 0 Å². The second kappa shape index (κ2) is 7.46. The van der Waals surface area contributed by atoms with Gasteiger partial charge < -0.3 is 18.9 Å². The molecule has 4 atom stereocenters. The molecular formula is C19H27ClN2O4. The Bertz CT molecular complexity index is 624. The molecule has 0 spiro atoms. The Morgan fingerprint density at radius 3 is 2.00 bits per heavy atom. The van der Waals surface area contributed by atoms with E-state index in [0.717, 1.165) is 0 Å². The molecule has 2 aliphatic heterocycles. The molecule has 0 N–H and O–H groups in total. The van der Waals surface area contributed by atoms with Crippen LogP contribution in [0.3, 0.4) is 0 Å². The summed E-state index contributed by atoms with van der Waals surface area (Å²) in [7, 11) is 0. The molecule has 0 amide bonds. The van der Waals surface area contributed by atoms with E-state index in [2.05, 4.69) is 18.7 Å². The Hall–Kier alpha value is -1.15. The van der Waals surface area contributed by atoms with Gasteiger partial charge in [-0.05, 0) is 27.7 Å². The van der Waals surface area contributed by atoms with Crippen molar-refractivity contribution < 1.29 is 18.9 Å². The first-order valence-electron chi connectivity index (χ1n) is 8.77. The summed E-state index contributed by atoms with van der Waals surface area (Å²) in [5.74, 6) is -1.61. The van der Waals surface area contributed by atoms with Crippen LogP contribution in [0.5, 0.6) is 0 Å². The minimum Gasteiger partial charge on any atom is -0.347 e. The van der Waals surface area contributed by atoms with Gasteiger partial charge in [0.25, 0.3) is 0 Å². The standard InChI is InChI=1S/C19H27ClN2O4/c1-6-7-18(12-21)8-14(23-16(2,3)25-18)9-19(13-22)10-15(11-20)24-17(4,5)26-19/h6,14-15H,1,7-11H2,2-5H3/t14-,15-,18-,19-/m1/s1. The van der Waals surface area contributed by atoms with Gasteiger partial charge in [-0.25, -0.2) is 0 Å². The third-order valence-electron chi connectivity index (χ3n) is 4.51. The van der Waals surface area contributed by atoms with Gasteiger partial charge in [0.2, 0.25) is 0 Å². The summed E-state index contributed by atoms with van der Waals surface area (Å²) in [6.45, 7) is 10.8. The SMILES string of the molecule is C=CC[C@]1(C#N)C[C@H](C[C@]2(C#N)C[C@H](CCl)OC(C)(C)O2)OC(C)(C)O1. The Labute approximate surface area is 160 Å². The zero-order valence-corrected chi connectivity index (χ0v) is 16.6. The quantitative estimate of drug-likeness (QED) is 0.531. The summed E-state index contributed by atoms with van der Waals surface area (Å²) >= 11 is 5.99. The van der Waals surface area contributed by atoms with E-state index in [4.69, 9.17) is 30.5 Å². The molecule has 0 aliphatic carbocycles. The number of ether oxygens (including phenoxy) is 4. The molecule has 0 aromatic rings. The number of nitriles is 2. The van der Waals surface area contributed by atoms with Crippen molar-refractivity contribution in [1.29, 1.82) is 10.5 Å². The molecule has 0 unspecified atom stereocenters. The van der Waals surface area contributed by atoms with Gasteiger partial charge >= 0.3 is 0 Å². The maximum absolute atomic E-state index is 9.90. The fourth-order valence-electron chi connectivity index (χ4n) is 3.97. The van der Waals surface area contributed by atoms with Crippen molar-refractivity contribution >= 4 is 11.6 Å². The molecule has 0 radical (unpaired) electrons. The number of halogens is 1. The highest BCUT2D eigenvalue weighted by molar-refractivity contribution is 6.18. The second-order valence-corrected chi connectivity index (χ2v) is 8.26. The topological polar surface area (TPSA) is 84.5 Å². The first-order chi connectivity index (χ1) is 12.0. The molecule has 2 fully saturated rings. The van der Waals surface area contributed by atoms with Crippen LogP contribution in [-0.2, 0) is 18.9 Å². The lowest BCUT2D eigenvalue weighted by Crippen LogP contribution is -2.57. The van der Waals surface area contributed by atoms with E-state index in [-0.39, 0.29) is 18.1 Å². The van der Waals surface area contributed by atoms with Crippen molar-refractivity contribution in [2.75, 3.05) is 5.88 Å². The lowest BCUT2D eigenvalue weighted by atomic mass is 9.83. The zero-order chi connectivity index (χ0) is 19.6. The van der Waals surface area contributed by atoms with Crippen molar-refractivity contribution in [2.24, 2.45) is 0 Å². The maximum Gasteiger partial charge on any atom is 0.165 e. The Morgan fingerprint density at radius 2 is 1.50 bits per heavy atom. The van der Waals surface area contributed by atoms with Crippen LogP contribution in [0, 0.1) is 22.7 Å². The minimum absolute atomic E-state index is 0.273. The lowest BCUT2D eigenvalue weighted by Gasteiger charge is -2.49. The monoisotopic (exact) mass is 382 g/mol. The number of alkyl halides is 1. The van der Waals surface area contributed by atoms with Crippen LogP contribution in [0.4, 0.5) is 0 Å². The van der Waals surface area contributed by atoms with E-state index in [1.165, 1.54) is 0 Å². The predicted octanol–water partition coefficient (Wildman–Crippen LogP) is 3.80. The van der Waals surface area contributed by atoms with E-state index in [0.29, 0.717) is 25.7 Å². The molecule has 2 heterocycles. The summed E-state index contributed by atoms with van der Waals surface area (Å²) in [6, 6.07) is 4.57. The van der Waals surface area contributed by atoms with E-state index < -0.39 is 22.8 Å². The van der Waals surface area contributed by atoms with Crippen LogP contribution in [0.2, 0.25) is 0 Å². The number of rotatable bonds is 5. The fraction of sp³-hybridized carbons (Fsp3) is 0.789. The number of hydrogen-bond donors (Lipinski definition) is 0. The molecule has 0 aromatic carbocycles. The Balaban J connectivity index is 2.27. The van der Waals surface area contributed by atoms with Gasteiger partial charge in [0.05, 0.1) is 24.3 Å². The fourth-order valence-corrected chi connectivity index (χ4v) is 4.15. The van der Waals surface area contributed by atoms with E-state index in [9.17, 15) is 10.5 Å². The molecule has 2 saturated heterocycles. The largest absolute Gasteiger partial charge is 0.347 e. The summed E-state index contributed by atoms with van der Waals surface area (Å²) in [6.07, 6.45) is 2.35. The van der Waals surface area contributed by atoms with Crippen molar-refractivity contribution in [2.45, 2.75) is 88.4 Å². The number of nitrogens with zero attached hydrogens (tertiary/aromatic N) is 2. The van der Waals surface area contributed by atoms with Gasteiger partial charge in [-0.1, -0.05) is 6.08 Å². The normalized spacial score (nSPS) is 38.7. The average molecular weight is 383 g/mol. The van der Waals surface area contributed by atoms with Gasteiger partial charge in [0, 0.05) is 31.6 Å². The molecule has 0 aromatic heterocycles. The lowest BCUT2D eigenvalue weighted by molar-refractivity contribution is -0.344. The Morgan fingerprint density at radius 1 is 1.00 bits per heavy atom. The van der Waals surface area contributed by atoms with Crippen molar-refractivity contribution in [1.82, 2.24) is 0 Å². The van der Waals surface area contributed by atoms with Crippen molar-refractivity contribution in [3.8, 4) is 12.1 Å². The summed E-state index contributed by atoms with van der Waals surface area (Å²) in [4.78, 5) is 0. The molecule has 26 heavy (non-hydrogen) atoms. The van der Waals surface area contributed by atoms with Crippen LogP contribution in [0.1, 0.15) is 53.4 Å². The third-order valence-corrected chi connectivity index (χ3v) is 4.85. The van der Waals surface area contributed by atoms with E-state index in [1.54, 1.807) is 33.8 Å². The van der Waals surface area contributed by atoms with Crippen LogP contribution >= 0.6 is 11.6 Å². The van der Waals surface area contributed by atoms with E-state index in [1.807, 2.05) is 0 Å². The van der Waals surface area contributed by atoms with Gasteiger partial charge in [-0.2, -0.15) is 10.5 Å². The maximum atomic E-state index is 9.90. The van der Waals surface area contributed by atoms with Gasteiger partial charge in [0.1, 0.15) is 0 Å². The Kier molecular flexibility index (Phi) is 6.07. The molecule has 7 heteroatoms. The van der Waals surface area contributed by atoms with Gasteiger partial charge in [0.15, 0.2) is 22.8 Å². The summed E-state index contributed by atoms with van der Waals surface area (Å²) < 4.78 is 23.7. The molecule has 6 nitrogen and oxygen atoms in total. The third kappa shape index (κ3) is 4.76. The second-order valence-electron chi connectivity index (χ2n) is 7.96. The van der Waals surface area contributed by atoms with Crippen molar-refractivity contribution in [3.05, 3.63) is 12.7 Å². The van der Waals surface area contributed by atoms with Crippen LogP contribution in [-0.4, -0.2) is 40.9 Å². The van der Waals surface area contributed by atoms with Crippen LogP contribution < -0.4 is 0 Å². The molecular weight excluding hydrogens is 356 g/mol. The number of hydrogen-bond acceptors (Lipinski definition) is 6. The van der Waals surface area contributed by atoms with Crippen LogP contribution in [0.25, 0.3) is 0 Å². The predicted molar refractivity (Wildman–Crippen MR) is 96.1 cm³/mol. The van der Waals surface area contributed by atoms with Crippen LogP contribution in [0.15, 0.2) is 12.7 Å². The van der Waals surface area contributed by atoms with Crippen molar-refractivity contribution in [3.63, 3.8) is 0 Å². The van der Waals surface area contributed by atoms with Gasteiger partial charge in [-0.15, -0.1) is 18.2 Å². The highest BCUT2D eigenvalue weighted by atomic mass is 35.5. The first-order valence-corrected chi connectivity index (χ1v) is 9.31. The minimum atomic E-state index is -1.10. The molecule has 2 aliphatic rings. The molecule has 144 valence electrons. The smallest absolute Gasteiger partial charge is 0.165 e. The summed E-state index contributed by atoms with van der Waals surface area (Å²) in [5, 5.41) is 19.6. The molecule has 0 bridgehead atoms. The summed E-state index contributed by atoms with van der Waals surface area (Å²) in [5.41, 5.74) is -2.13. The molecule has 2 rings (SSSR count). The average Bonchev–Trinajstić information content (AvgIpc) is 2.51. The highest BCUT2D eigenvalue weighted by Crippen LogP contribution is 2.43. The first kappa shape index (κ1) is 21.2. The highest BCUT2D eigenvalue weighted by Gasteiger charge is 2.52. The zero-order valence-electron chi connectivity index (χ0n) is 15.9.